The summed E-state index contributed by atoms with van der Waals surface area (Å²) in [7, 11) is -13.4. The number of rotatable bonds is 2. The van der Waals surface area contributed by atoms with Crippen molar-refractivity contribution >= 4 is 19.7 Å². The van der Waals surface area contributed by atoms with Crippen molar-refractivity contribution < 1.29 is 43.2 Å². The number of nitrogens with two attached hydrogens (primary N) is 1. The van der Waals surface area contributed by atoms with Crippen LogP contribution in [0.5, 0.6) is 0 Å². The zero-order valence-electron chi connectivity index (χ0n) is 7.37. The quantitative estimate of drug-likeness (QED) is 0.754. The molecule has 0 rings (SSSR count). The molecule has 0 heterocycles. The van der Waals surface area contributed by atoms with Crippen LogP contribution in [0.25, 0.3) is 0 Å². The average molecular weight is 307 g/mol. The molecule has 0 unspecified atom stereocenters. The van der Waals surface area contributed by atoms with Gasteiger partial charge in [0.25, 0.3) is 19.7 Å². The molecule has 0 aromatic rings. The summed E-state index contributed by atoms with van der Waals surface area (Å²) in [6, 6.07) is 0. The van der Waals surface area contributed by atoms with Gasteiger partial charge in [-0.15, -0.1) is 0 Å². The Morgan fingerprint density at radius 1 is 0.824 bits per heavy atom. The lowest BCUT2D eigenvalue weighted by Crippen LogP contribution is -2.35. The van der Waals surface area contributed by atoms with E-state index in [-0.39, 0.29) is 0 Å². The lowest BCUT2D eigenvalue weighted by molar-refractivity contribution is -0.0444. The van der Waals surface area contributed by atoms with Crippen LogP contribution in [0.4, 0.5) is 26.3 Å². The Balaban J connectivity index is 6.12. The zero-order chi connectivity index (χ0) is 14.3. The molecule has 0 saturated carbocycles. The van der Waals surface area contributed by atoms with Gasteiger partial charge in [0.2, 0.25) is 0 Å². The van der Waals surface area contributed by atoms with Crippen LogP contribution in [-0.4, -0.2) is 27.9 Å². The molecule has 0 bridgehead atoms. The van der Waals surface area contributed by atoms with Gasteiger partial charge in [-0.1, -0.05) is 0 Å². The molecule has 0 aromatic carbocycles. The van der Waals surface area contributed by atoms with Crippen molar-refractivity contribution in [2.24, 2.45) is 5.73 Å². The summed E-state index contributed by atoms with van der Waals surface area (Å²) in [5, 5.41) is 0. The van der Waals surface area contributed by atoms with Crippen LogP contribution in [0.3, 0.4) is 0 Å². The van der Waals surface area contributed by atoms with Gasteiger partial charge in [0.1, 0.15) is 0 Å². The highest BCUT2D eigenvalue weighted by molar-refractivity contribution is 8.15. The van der Waals surface area contributed by atoms with Crippen molar-refractivity contribution in [3.8, 4) is 0 Å². The van der Waals surface area contributed by atoms with Crippen LogP contribution in [0, 0.1) is 0 Å². The molecule has 0 aliphatic carbocycles. The van der Waals surface area contributed by atoms with Gasteiger partial charge in [0.05, 0.1) is 0 Å². The molecule has 0 fully saturated rings. The van der Waals surface area contributed by atoms with E-state index in [1.807, 2.05) is 0 Å². The van der Waals surface area contributed by atoms with E-state index in [2.05, 4.69) is 5.73 Å². The molecule has 0 aliphatic heterocycles. The van der Waals surface area contributed by atoms with E-state index in [1.54, 1.807) is 0 Å². The van der Waals surface area contributed by atoms with E-state index in [1.165, 1.54) is 0 Å². The Morgan fingerprint density at radius 2 is 1.06 bits per heavy atom. The molecule has 2 N–H and O–H groups in total. The summed E-state index contributed by atoms with van der Waals surface area (Å²) in [4.78, 5) is 0. The molecule has 13 heteroatoms. The van der Waals surface area contributed by atoms with Gasteiger partial charge in [0, 0.05) is 6.20 Å². The maximum Gasteiger partial charge on any atom is 0.502 e. The van der Waals surface area contributed by atoms with E-state index >= 15 is 0 Å². The third-order valence-electron chi connectivity index (χ3n) is 1.28. The van der Waals surface area contributed by atoms with E-state index in [0.29, 0.717) is 0 Å². The topological polar surface area (TPSA) is 94.3 Å². The molecule has 0 saturated heterocycles. The highest BCUT2D eigenvalue weighted by Crippen LogP contribution is 2.38. The Morgan fingerprint density at radius 3 is 1.18 bits per heavy atom. The monoisotopic (exact) mass is 307 g/mol. The molecule has 0 aromatic heterocycles. The SMILES string of the molecule is NC=C(S(=O)(=O)C(F)(F)F)S(=O)(=O)C(F)(F)F. The lowest BCUT2D eigenvalue weighted by atomic mass is 11.1. The van der Waals surface area contributed by atoms with Crippen molar-refractivity contribution in [3.63, 3.8) is 0 Å². The summed E-state index contributed by atoms with van der Waals surface area (Å²) in [6.45, 7) is 0. The summed E-state index contributed by atoms with van der Waals surface area (Å²) < 4.78 is 110. The third-order valence-corrected chi connectivity index (χ3v) is 5.14. The summed E-state index contributed by atoms with van der Waals surface area (Å²) >= 11 is 0. The average Bonchev–Trinajstić information content (AvgIpc) is 1.99. The van der Waals surface area contributed by atoms with Crippen LogP contribution in [-0.2, 0) is 19.7 Å². The van der Waals surface area contributed by atoms with Crippen LogP contribution in [0.1, 0.15) is 0 Å². The van der Waals surface area contributed by atoms with Crippen LogP contribution >= 0.6 is 0 Å². The molecule has 17 heavy (non-hydrogen) atoms. The van der Waals surface area contributed by atoms with Gasteiger partial charge < -0.3 is 5.73 Å². The Labute approximate surface area is 90.7 Å². The van der Waals surface area contributed by atoms with Crippen molar-refractivity contribution in [2.45, 2.75) is 11.0 Å². The Bertz CT molecular complexity index is 477. The standard InChI is InChI=1S/C4H3F6NO4S2/c5-3(6,7)16(12,13)2(1-11)17(14,15)4(8,9)10/h1H,11H2. The first-order valence-electron chi connectivity index (χ1n) is 3.24. The van der Waals surface area contributed by atoms with Gasteiger partial charge in [-0.25, -0.2) is 16.8 Å². The molecule has 0 spiro atoms. The number of hydrogen-bond donors (Lipinski definition) is 1. The maximum absolute atomic E-state index is 11.9. The first-order chi connectivity index (χ1) is 7.19. The number of halogens is 6. The number of sulfone groups is 2. The number of alkyl halides is 6. The molecule has 0 amide bonds. The fourth-order valence-electron chi connectivity index (χ4n) is 0.552. The van der Waals surface area contributed by atoms with E-state index in [9.17, 15) is 43.2 Å². The molecular formula is C4H3F6NO4S2. The first-order valence-corrected chi connectivity index (χ1v) is 6.21. The van der Waals surface area contributed by atoms with E-state index in [4.69, 9.17) is 0 Å². The molecule has 0 radical (unpaired) electrons. The molecule has 0 aliphatic rings. The van der Waals surface area contributed by atoms with E-state index < -0.39 is 41.1 Å². The summed E-state index contributed by atoms with van der Waals surface area (Å²) in [6.07, 6.45) is -0.772. The second kappa shape index (κ2) is 4.04. The number of hydrogen-bond acceptors (Lipinski definition) is 5. The summed E-state index contributed by atoms with van der Waals surface area (Å²) in [5.74, 6) is 0. The molecular weight excluding hydrogens is 304 g/mol. The Kier molecular flexibility index (Phi) is 3.81. The normalized spacial score (nSPS) is 14.5. The zero-order valence-corrected chi connectivity index (χ0v) is 9.00. The molecule has 102 valence electrons. The smallest absolute Gasteiger partial charge is 0.403 e. The Hall–Kier alpha value is -0.980. The lowest BCUT2D eigenvalue weighted by Gasteiger charge is -2.13. The highest BCUT2D eigenvalue weighted by atomic mass is 32.3. The minimum absolute atomic E-state index is 0.772. The summed E-state index contributed by atoms with van der Waals surface area (Å²) in [5.41, 5.74) is -8.21. The second-order valence-electron chi connectivity index (χ2n) is 2.38. The molecule has 5 nitrogen and oxygen atoms in total. The largest absolute Gasteiger partial charge is 0.502 e. The van der Waals surface area contributed by atoms with Gasteiger partial charge in [0.15, 0.2) is 4.24 Å². The van der Waals surface area contributed by atoms with Gasteiger partial charge >= 0.3 is 11.0 Å². The van der Waals surface area contributed by atoms with Crippen LogP contribution in [0.2, 0.25) is 0 Å². The second-order valence-corrected chi connectivity index (χ2v) is 6.46. The fourth-order valence-corrected chi connectivity index (χ4v) is 3.09. The third kappa shape index (κ3) is 2.65. The van der Waals surface area contributed by atoms with Gasteiger partial charge in [-0.2, -0.15) is 26.3 Å². The van der Waals surface area contributed by atoms with Gasteiger partial charge in [-0.3, -0.25) is 0 Å². The first kappa shape index (κ1) is 16.0. The predicted octanol–water partition coefficient (Wildman–Crippen LogP) is 0.613. The van der Waals surface area contributed by atoms with Crippen molar-refractivity contribution in [3.05, 3.63) is 10.4 Å². The van der Waals surface area contributed by atoms with Crippen molar-refractivity contribution in [1.29, 1.82) is 0 Å². The van der Waals surface area contributed by atoms with Crippen LogP contribution in [0.15, 0.2) is 10.4 Å². The van der Waals surface area contributed by atoms with Crippen LogP contribution < -0.4 is 5.73 Å². The highest BCUT2D eigenvalue weighted by Gasteiger charge is 2.59. The van der Waals surface area contributed by atoms with Crippen molar-refractivity contribution in [1.82, 2.24) is 0 Å². The molecule has 0 atom stereocenters. The van der Waals surface area contributed by atoms with Crippen molar-refractivity contribution in [2.75, 3.05) is 0 Å². The maximum atomic E-state index is 11.9. The fraction of sp³-hybridized carbons (Fsp3) is 0.500. The van der Waals surface area contributed by atoms with Gasteiger partial charge in [-0.05, 0) is 0 Å². The van der Waals surface area contributed by atoms with E-state index in [0.717, 1.165) is 0 Å². The minimum atomic E-state index is -6.70. The minimum Gasteiger partial charge on any atom is -0.403 e. The predicted molar refractivity (Wildman–Crippen MR) is 42.2 cm³/mol.